The molecule has 0 fully saturated rings. The van der Waals surface area contributed by atoms with Crippen molar-refractivity contribution in [3.05, 3.63) is 22.3 Å². The van der Waals surface area contributed by atoms with Gasteiger partial charge in [0.15, 0.2) is 5.16 Å². The van der Waals surface area contributed by atoms with E-state index in [0.717, 1.165) is 36.4 Å². The third-order valence-corrected chi connectivity index (χ3v) is 6.38. The number of carbonyl (C=O) groups excluding carboxylic acids is 1. The van der Waals surface area contributed by atoms with E-state index in [-0.39, 0.29) is 17.7 Å². The van der Waals surface area contributed by atoms with Crippen molar-refractivity contribution in [3.63, 3.8) is 0 Å². The van der Waals surface area contributed by atoms with Crippen LogP contribution in [0.5, 0.6) is 0 Å². The zero-order valence-corrected chi connectivity index (χ0v) is 16.0. The molecule has 0 saturated heterocycles. The maximum absolute atomic E-state index is 12.3. The second kappa shape index (κ2) is 8.02. The Morgan fingerprint density at radius 2 is 2.24 bits per heavy atom. The highest BCUT2D eigenvalue weighted by atomic mass is 32.2. The molecular weight excluding hydrogens is 354 g/mol. The van der Waals surface area contributed by atoms with Crippen molar-refractivity contribution in [1.82, 2.24) is 14.8 Å². The van der Waals surface area contributed by atoms with Gasteiger partial charge in [0.05, 0.1) is 11.3 Å². The van der Waals surface area contributed by atoms with Gasteiger partial charge in [0, 0.05) is 10.9 Å². The molecule has 0 aliphatic heterocycles. The molecule has 6 nitrogen and oxygen atoms in total. The normalized spacial score (nSPS) is 14.0. The molecule has 0 atom stereocenters. The molecule has 1 amide bonds. The van der Waals surface area contributed by atoms with Crippen LogP contribution in [0.2, 0.25) is 0 Å². The molecule has 0 aromatic carbocycles. The van der Waals surface area contributed by atoms with E-state index in [1.165, 1.54) is 23.1 Å². The lowest BCUT2D eigenvalue weighted by molar-refractivity contribution is -0.113. The monoisotopic (exact) mass is 375 g/mol. The van der Waals surface area contributed by atoms with Gasteiger partial charge in [-0.1, -0.05) is 18.2 Å². The van der Waals surface area contributed by atoms with Crippen LogP contribution in [-0.2, 0) is 17.6 Å². The Kier molecular flexibility index (Phi) is 5.76. The van der Waals surface area contributed by atoms with Crippen LogP contribution in [0.4, 0.5) is 5.00 Å². The number of thiophene rings is 1. The van der Waals surface area contributed by atoms with Crippen LogP contribution in [0.15, 0.2) is 11.5 Å². The highest BCUT2D eigenvalue weighted by Crippen LogP contribution is 2.37. The van der Waals surface area contributed by atoms with E-state index in [2.05, 4.69) is 21.6 Å². The van der Waals surface area contributed by atoms with Crippen LogP contribution in [0.1, 0.15) is 55.2 Å². The lowest BCUT2D eigenvalue weighted by atomic mass is 10.1. The minimum absolute atomic E-state index is 0.115. The molecule has 2 aromatic heterocycles. The Morgan fingerprint density at radius 3 is 3.00 bits per heavy atom. The third kappa shape index (κ3) is 4.05. The number of nitrogens with one attached hydrogen (secondary N) is 1. The lowest BCUT2D eigenvalue weighted by Gasteiger charge is -2.09. The Balaban J connectivity index is 1.67. The number of rotatable bonds is 5. The van der Waals surface area contributed by atoms with Crippen molar-refractivity contribution in [3.8, 4) is 6.07 Å². The van der Waals surface area contributed by atoms with Gasteiger partial charge in [-0.25, -0.2) is 0 Å². The fourth-order valence-electron chi connectivity index (χ4n) is 2.93. The number of aromatic nitrogens is 3. The summed E-state index contributed by atoms with van der Waals surface area (Å²) in [7, 11) is 0. The fourth-order valence-corrected chi connectivity index (χ4v) is 5.03. The summed E-state index contributed by atoms with van der Waals surface area (Å²) < 4.78 is 1.94. The topological polar surface area (TPSA) is 83.6 Å². The van der Waals surface area contributed by atoms with Crippen molar-refractivity contribution >= 4 is 34.0 Å². The summed E-state index contributed by atoms with van der Waals surface area (Å²) in [6.07, 6.45) is 7.11. The van der Waals surface area contributed by atoms with Gasteiger partial charge in [0.2, 0.25) is 5.91 Å². The number of carbonyl (C=O) groups is 1. The second-order valence-corrected chi connectivity index (χ2v) is 8.38. The molecule has 0 spiro atoms. The van der Waals surface area contributed by atoms with Crippen LogP contribution in [0.25, 0.3) is 0 Å². The number of nitrogens with zero attached hydrogens (tertiary/aromatic N) is 4. The third-order valence-electron chi connectivity index (χ3n) is 4.21. The Bertz CT molecular complexity index is 803. The Hall–Kier alpha value is -1.85. The minimum Gasteiger partial charge on any atom is -0.316 e. The number of anilines is 1. The smallest absolute Gasteiger partial charge is 0.235 e. The lowest BCUT2D eigenvalue weighted by Crippen LogP contribution is -2.14. The average Bonchev–Trinajstić information content (AvgIpc) is 3.11. The summed E-state index contributed by atoms with van der Waals surface area (Å²) in [6, 6.07) is 2.54. The molecule has 8 heteroatoms. The molecule has 3 rings (SSSR count). The Morgan fingerprint density at radius 1 is 1.44 bits per heavy atom. The summed E-state index contributed by atoms with van der Waals surface area (Å²) >= 11 is 2.92. The molecule has 1 aliphatic rings. The van der Waals surface area contributed by atoms with Crippen LogP contribution in [-0.4, -0.2) is 26.4 Å². The molecule has 25 heavy (non-hydrogen) atoms. The molecule has 2 aromatic rings. The summed E-state index contributed by atoms with van der Waals surface area (Å²) in [5.74, 6) is 0.134. The number of thioether (sulfide) groups is 1. The van der Waals surface area contributed by atoms with Crippen molar-refractivity contribution in [2.24, 2.45) is 0 Å². The fraction of sp³-hybridized carbons (Fsp3) is 0.529. The van der Waals surface area contributed by atoms with Crippen LogP contribution < -0.4 is 5.32 Å². The molecule has 0 unspecified atom stereocenters. The zero-order valence-electron chi connectivity index (χ0n) is 14.4. The number of hydrogen-bond acceptors (Lipinski definition) is 6. The quantitative estimate of drug-likeness (QED) is 0.635. The van der Waals surface area contributed by atoms with Crippen molar-refractivity contribution in [2.75, 3.05) is 11.1 Å². The van der Waals surface area contributed by atoms with Crippen LogP contribution >= 0.6 is 23.1 Å². The second-order valence-electron chi connectivity index (χ2n) is 6.33. The summed E-state index contributed by atoms with van der Waals surface area (Å²) in [6.45, 7) is 4.09. The molecule has 1 N–H and O–H groups in total. The highest BCUT2D eigenvalue weighted by Gasteiger charge is 2.21. The number of hydrogen-bond donors (Lipinski definition) is 1. The van der Waals surface area contributed by atoms with E-state index >= 15 is 0 Å². The van der Waals surface area contributed by atoms with E-state index in [4.69, 9.17) is 0 Å². The minimum atomic E-state index is -0.115. The zero-order chi connectivity index (χ0) is 17.8. The first-order chi connectivity index (χ1) is 12.1. The highest BCUT2D eigenvalue weighted by molar-refractivity contribution is 7.99. The van der Waals surface area contributed by atoms with Gasteiger partial charge in [0.25, 0.3) is 0 Å². The first kappa shape index (κ1) is 18.0. The number of fused-ring (bicyclic) bond motifs is 1. The maximum atomic E-state index is 12.3. The average molecular weight is 376 g/mol. The largest absolute Gasteiger partial charge is 0.316 e. The van der Waals surface area contributed by atoms with Gasteiger partial charge in [0.1, 0.15) is 17.4 Å². The molecule has 132 valence electrons. The summed E-state index contributed by atoms with van der Waals surface area (Å²) in [5, 5.41) is 21.8. The predicted octanol–water partition coefficient (Wildman–Crippen LogP) is 3.79. The van der Waals surface area contributed by atoms with Gasteiger partial charge in [-0.15, -0.1) is 21.5 Å². The molecule has 2 heterocycles. The van der Waals surface area contributed by atoms with E-state index in [1.54, 1.807) is 17.7 Å². The standard InChI is InChI=1S/C17H21N5OS2/c1-11(2)22-10-19-21-17(22)24-9-15(23)20-16-13(8-18)12-6-4-3-5-7-14(12)25-16/h10-11H,3-7,9H2,1-2H3,(H,20,23). The van der Waals surface area contributed by atoms with Gasteiger partial charge >= 0.3 is 0 Å². The van der Waals surface area contributed by atoms with E-state index in [1.807, 2.05) is 18.4 Å². The van der Waals surface area contributed by atoms with Gasteiger partial charge in [-0.3, -0.25) is 4.79 Å². The van der Waals surface area contributed by atoms with Gasteiger partial charge in [-0.2, -0.15) is 5.26 Å². The molecule has 0 radical (unpaired) electrons. The Labute approximate surface area is 155 Å². The van der Waals surface area contributed by atoms with Gasteiger partial charge < -0.3 is 9.88 Å². The van der Waals surface area contributed by atoms with Crippen molar-refractivity contribution < 1.29 is 4.79 Å². The SMILES string of the molecule is CC(C)n1cnnc1SCC(=O)Nc1sc2c(c1C#N)CCCCC2. The molecular formula is C17H21N5OS2. The van der Waals surface area contributed by atoms with Crippen molar-refractivity contribution in [1.29, 1.82) is 5.26 Å². The van der Waals surface area contributed by atoms with E-state index < -0.39 is 0 Å². The van der Waals surface area contributed by atoms with E-state index in [9.17, 15) is 10.1 Å². The summed E-state index contributed by atoms with van der Waals surface area (Å²) in [5.41, 5.74) is 1.80. The first-order valence-corrected chi connectivity index (χ1v) is 10.3. The van der Waals surface area contributed by atoms with E-state index in [0.29, 0.717) is 10.6 Å². The molecule has 0 saturated carbocycles. The number of amides is 1. The predicted molar refractivity (Wildman–Crippen MR) is 100 cm³/mol. The van der Waals surface area contributed by atoms with Crippen molar-refractivity contribution in [2.45, 2.75) is 57.1 Å². The van der Waals surface area contributed by atoms with Crippen LogP contribution in [0.3, 0.4) is 0 Å². The molecule has 1 aliphatic carbocycles. The first-order valence-electron chi connectivity index (χ1n) is 8.47. The number of nitriles is 1. The van der Waals surface area contributed by atoms with Gasteiger partial charge in [-0.05, 0) is 45.1 Å². The summed E-state index contributed by atoms with van der Waals surface area (Å²) in [4.78, 5) is 13.6. The molecule has 0 bridgehead atoms. The van der Waals surface area contributed by atoms with Crippen LogP contribution in [0, 0.1) is 11.3 Å². The number of aryl methyl sites for hydroxylation is 1. The maximum Gasteiger partial charge on any atom is 0.235 e.